The Hall–Kier alpha value is -1.06. The van der Waals surface area contributed by atoms with Crippen LogP contribution in [0.4, 0.5) is 5.69 Å². The Balaban J connectivity index is 1.19. The van der Waals surface area contributed by atoms with Crippen molar-refractivity contribution in [3.8, 4) is 0 Å². The number of rotatable bonds is 3. The minimum Gasteiger partial charge on any atom is -0.369 e. The van der Waals surface area contributed by atoms with Crippen molar-refractivity contribution < 1.29 is 0 Å². The standard InChI is InChI=1S/C24H39N3/c1-20-5-7-22(8-6-20)27-15-13-25(14-16-27)19-26-17-24(18-26)11-9-21(10-12-24)23(2,3)4/h5-8,21H,9-19H2,1-4H3. The summed E-state index contributed by atoms with van der Waals surface area (Å²) in [4.78, 5) is 7.92. The van der Waals surface area contributed by atoms with E-state index >= 15 is 0 Å². The number of hydrogen-bond acceptors (Lipinski definition) is 3. The number of nitrogens with zero attached hydrogens (tertiary/aromatic N) is 3. The molecule has 4 rings (SSSR count). The molecule has 2 aliphatic heterocycles. The third-order valence-electron chi connectivity index (χ3n) is 7.56. The Kier molecular flexibility index (Phi) is 5.28. The van der Waals surface area contributed by atoms with Crippen LogP contribution >= 0.6 is 0 Å². The molecule has 0 N–H and O–H groups in total. The minimum absolute atomic E-state index is 0.502. The van der Waals surface area contributed by atoms with Crippen LogP contribution in [0.5, 0.6) is 0 Å². The van der Waals surface area contributed by atoms with Crippen LogP contribution in [0, 0.1) is 23.7 Å². The van der Waals surface area contributed by atoms with Crippen LogP contribution < -0.4 is 4.90 Å². The van der Waals surface area contributed by atoms with Crippen molar-refractivity contribution in [1.82, 2.24) is 9.80 Å². The normalized spacial score (nSPS) is 25.0. The lowest BCUT2D eigenvalue weighted by Crippen LogP contribution is -2.61. The smallest absolute Gasteiger partial charge is 0.0508 e. The summed E-state index contributed by atoms with van der Waals surface area (Å²) in [5, 5.41) is 0. The van der Waals surface area contributed by atoms with Gasteiger partial charge in [0.25, 0.3) is 0 Å². The summed E-state index contributed by atoms with van der Waals surface area (Å²) in [6.45, 7) is 18.1. The van der Waals surface area contributed by atoms with E-state index in [1.54, 1.807) is 0 Å². The van der Waals surface area contributed by atoms with Crippen molar-refractivity contribution >= 4 is 5.69 Å². The molecule has 3 fully saturated rings. The van der Waals surface area contributed by atoms with Crippen LogP contribution in [-0.4, -0.2) is 55.7 Å². The molecule has 2 heterocycles. The molecule has 2 saturated heterocycles. The average molecular weight is 370 g/mol. The van der Waals surface area contributed by atoms with Crippen LogP contribution in [0.25, 0.3) is 0 Å². The third-order valence-corrected chi connectivity index (χ3v) is 7.56. The molecule has 3 aliphatic rings. The number of hydrogen-bond donors (Lipinski definition) is 0. The van der Waals surface area contributed by atoms with Gasteiger partial charge in [0.1, 0.15) is 0 Å². The second-order valence-corrected chi connectivity index (χ2v) is 10.7. The Morgan fingerprint density at radius 3 is 2.04 bits per heavy atom. The van der Waals surface area contributed by atoms with Gasteiger partial charge in [-0.1, -0.05) is 38.5 Å². The molecule has 1 spiro atoms. The maximum atomic E-state index is 2.71. The molecule has 150 valence electrons. The molecule has 0 atom stereocenters. The van der Waals surface area contributed by atoms with E-state index in [2.05, 4.69) is 66.7 Å². The second-order valence-electron chi connectivity index (χ2n) is 10.7. The number of anilines is 1. The molecule has 1 aromatic rings. The zero-order chi connectivity index (χ0) is 19.1. The highest BCUT2D eigenvalue weighted by atomic mass is 15.4. The second kappa shape index (κ2) is 7.40. The van der Waals surface area contributed by atoms with E-state index in [0.717, 1.165) is 19.0 Å². The summed E-state index contributed by atoms with van der Waals surface area (Å²) in [5.74, 6) is 0.937. The quantitative estimate of drug-likeness (QED) is 0.770. The lowest BCUT2D eigenvalue weighted by atomic mass is 9.61. The first-order valence-corrected chi connectivity index (χ1v) is 11.1. The molecule has 3 nitrogen and oxygen atoms in total. The summed E-state index contributed by atoms with van der Waals surface area (Å²) < 4.78 is 0. The molecule has 0 radical (unpaired) electrons. The number of benzene rings is 1. The van der Waals surface area contributed by atoms with Crippen molar-refractivity contribution in [2.75, 3.05) is 50.8 Å². The van der Waals surface area contributed by atoms with Crippen molar-refractivity contribution in [3.63, 3.8) is 0 Å². The first-order chi connectivity index (χ1) is 12.8. The van der Waals surface area contributed by atoms with Gasteiger partial charge in [-0.15, -0.1) is 0 Å². The maximum absolute atomic E-state index is 2.71. The van der Waals surface area contributed by atoms with Crippen molar-refractivity contribution in [1.29, 1.82) is 0 Å². The lowest BCUT2D eigenvalue weighted by molar-refractivity contribution is -0.0734. The first-order valence-electron chi connectivity index (χ1n) is 11.1. The number of likely N-dealkylation sites (tertiary alicyclic amines) is 1. The van der Waals surface area contributed by atoms with Gasteiger partial charge in [-0.3, -0.25) is 9.80 Å². The SMILES string of the molecule is Cc1ccc(N2CCN(CN3CC4(CCC(C(C)(C)C)CC4)C3)CC2)cc1. The number of piperazine rings is 1. The molecule has 0 unspecified atom stereocenters. The van der Waals surface area contributed by atoms with Crippen molar-refractivity contribution in [2.24, 2.45) is 16.7 Å². The van der Waals surface area contributed by atoms with Gasteiger partial charge in [-0.25, -0.2) is 0 Å². The summed E-state index contributed by atoms with van der Waals surface area (Å²) in [7, 11) is 0. The monoisotopic (exact) mass is 369 g/mol. The van der Waals surface area contributed by atoms with Crippen LogP contribution in [0.15, 0.2) is 24.3 Å². The maximum Gasteiger partial charge on any atom is 0.0508 e. The molecule has 27 heavy (non-hydrogen) atoms. The van der Waals surface area contributed by atoms with Crippen LogP contribution in [0.1, 0.15) is 52.0 Å². The highest BCUT2D eigenvalue weighted by Gasteiger charge is 2.46. The summed E-state index contributed by atoms with van der Waals surface area (Å²) >= 11 is 0. The topological polar surface area (TPSA) is 9.72 Å². The summed E-state index contributed by atoms with van der Waals surface area (Å²) in [6, 6.07) is 9.02. The van der Waals surface area contributed by atoms with E-state index in [-0.39, 0.29) is 0 Å². The molecule has 0 aromatic heterocycles. The highest BCUT2D eigenvalue weighted by molar-refractivity contribution is 5.47. The van der Waals surface area contributed by atoms with Gasteiger partial charge in [-0.05, 0) is 61.5 Å². The fraction of sp³-hybridized carbons (Fsp3) is 0.750. The summed E-state index contributed by atoms with van der Waals surface area (Å²) in [5.41, 5.74) is 3.91. The molecular formula is C24H39N3. The highest BCUT2D eigenvalue weighted by Crippen LogP contribution is 2.49. The minimum atomic E-state index is 0.502. The van der Waals surface area contributed by atoms with E-state index < -0.39 is 0 Å². The third kappa shape index (κ3) is 4.35. The van der Waals surface area contributed by atoms with E-state index in [0.29, 0.717) is 10.8 Å². The molecule has 1 aromatic carbocycles. The fourth-order valence-corrected chi connectivity index (χ4v) is 5.60. The van der Waals surface area contributed by atoms with Gasteiger partial charge < -0.3 is 4.90 Å². The van der Waals surface area contributed by atoms with Crippen molar-refractivity contribution in [3.05, 3.63) is 29.8 Å². The largest absolute Gasteiger partial charge is 0.369 e. The Bertz CT molecular complexity index is 606. The molecular weight excluding hydrogens is 330 g/mol. The molecule has 0 bridgehead atoms. The molecule has 1 aliphatic carbocycles. The van der Waals surface area contributed by atoms with Crippen molar-refractivity contribution in [2.45, 2.75) is 53.4 Å². The van der Waals surface area contributed by atoms with Crippen LogP contribution in [0.3, 0.4) is 0 Å². The zero-order valence-electron chi connectivity index (χ0n) is 18.0. The van der Waals surface area contributed by atoms with Crippen LogP contribution in [-0.2, 0) is 0 Å². The number of aryl methyl sites for hydroxylation is 1. The van der Waals surface area contributed by atoms with Gasteiger partial charge >= 0.3 is 0 Å². The predicted octanol–water partition coefficient (Wildman–Crippen LogP) is 4.61. The lowest BCUT2D eigenvalue weighted by Gasteiger charge is -2.56. The van der Waals surface area contributed by atoms with E-state index in [9.17, 15) is 0 Å². The van der Waals surface area contributed by atoms with E-state index in [4.69, 9.17) is 0 Å². The molecule has 3 heteroatoms. The Labute approximate surface area is 166 Å². The Morgan fingerprint density at radius 1 is 0.889 bits per heavy atom. The predicted molar refractivity (Wildman–Crippen MR) is 115 cm³/mol. The Morgan fingerprint density at radius 2 is 1.48 bits per heavy atom. The van der Waals surface area contributed by atoms with Crippen LogP contribution in [0.2, 0.25) is 0 Å². The zero-order valence-corrected chi connectivity index (χ0v) is 18.0. The van der Waals surface area contributed by atoms with Gasteiger partial charge in [0.05, 0.1) is 6.67 Å². The van der Waals surface area contributed by atoms with E-state index in [1.807, 2.05) is 0 Å². The van der Waals surface area contributed by atoms with Gasteiger partial charge in [0, 0.05) is 45.0 Å². The van der Waals surface area contributed by atoms with Gasteiger partial charge in [0.2, 0.25) is 0 Å². The van der Waals surface area contributed by atoms with Gasteiger partial charge in [0.15, 0.2) is 0 Å². The molecule has 1 saturated carbocycles. The average Bonchev–Trinajstić information content (AvgIpc) is 2.61. The molecule has 0 amide bonds. The summed E-state index contributed by atoms with van der Waals surface area (Å²) in [6.07, 6.45) is 5.83. The fourth-order valence-electron chi connectivity index (χ4n) is 5.60. The van der Waals surface area contributed by atoms with E-state index in [1.165, 1.54) is 69.8 Å². The van der Waals surface area contributed by atoms with Gasteiger partial charge in [-0.2, -0.15) is 0 Å². The first kappa shape index (κ1) is 19.3.